The topological polar surface area (TPSA) is 175 Å². The van der Waals surface area contributed by atoms with Crippen LogP contribution in [0.4, 0.5) is 5.82 Å². The second kappa shape index (κ2) is 16.4. The molecular weight excluding hydrogens is 554 g/mol. The SMILES string of the molecule is CC(=O)OC(C)=O.CCCCOc1nc(N)c2[nH]c(=O)n(Cc3ccc(CN4CCC(CCNC(C)=O)CC4)cc3)c2n1. The van der Waals surface area contributed by atoms with E-state index in [0.717, 1.165) is 63.8 Å². The number of carbonyl (C=O) groups is 3. The van der Waals surface area contributed by atoms with E-state index in [0.29, 0.717) is 30.2 Å². The van der Waals surface area contributed by atoms with E-state index < -0.39 is 11.9 Å². The molecular formula is C30H43N7O6. The predicted octanol–water partition coefficient (Wildman–Crippen LogP) is 2.76. The molecule has 234 valence electrons. The number of nitrogen functional groups attached to an aromatic ring is 1. The number of nitrogens with zero attached hydrogens (tertiary/aromatic N) is 4. The minimum atomic E-state index is -0.562. The van der Waals surface area contributed by atoms with Gasteiger partial charge in [0, 0.05) is 33.9 Å². The van der Waals surface area contributed by atoms with Gasteiger partial charge in [-0.2, -0.15) is 9.97 Å². The fourth-order valence-corrected chi connectivity index (χ4v) is 4.83. The van der Waals surface area contributed by atoms with Crippen LogP contribution in [0.5, 0.6) is 6.01 Å². The predicted molar refractivity (Wildman–Crippen MR) is 162 cm³/mol. The van der Waals surface area contributed by atoms with Gasteiger partial charge in [0.2, 0.25) is 5.91 Å². The molecule has 3 heterocycles. The van der Waals surface area contributed by atoms with Gasteiger partial charge in [-0.3, -0.25) is 23.9 Å². The molecule has 0 atom stereocenters. The van der Waals surface area contributed by atoms with Crippen LogP contribution < -0.4 is 21.5 Å². The number of piperidine rings is 1. The quantitative estimate of drug-likeness (QED) is 0.169. The standard InChI is InChI=1S/C26H37N7O3.C4H6O3/c1-3-4-15-36-25-30-23(27)22-24(31-25)33(26(35)29-22)17-21-7-5-20(6-8-21)16-32-13-10-19(11-14-32)9-12-28-18(2)34;1-3(5)7-4(2)6/h5-8,19H,3-4,9-17H2,1-2H3,(H,28,34)(H,29,35)(H2,27,30,31);1-2H3. The van der Waals surface area contributed by atoms with Gasteiger partial charge < -0.3 is 25.5 Å². The van der Waals surface area contributed by atoms with Gasteiger partial charge >= 0.3 is 23.6 Å². The van der Waals surface area contributed by atoms with E-state index in [1.807, 2.05) is 0 Å². The van der Waals surface area contributed by atoms with E-state index in [9.17, 15) is 19.2 Å². The number of ether oxygens (including phenoxy) is 2. The van der Waals surface area contributed by atoms with Crippen LogP contribution in [-0.2, 0) is 32.2 Å². The number of imidazole rings is 1. The summed E-state index contributed by atoms with van der Waals surface area (Å²) in [6.07, 6.45) is 5.27. The molecule has 0 unspecified atom stereocenters. The summed E-state index contributed by atoms with van der Waals surface area (Å²) >= 11 is 0. The number of unbranched alkanes of at least 4 members (excludes halogenated alkanes) is 1. The molecule has 0 aliphatic carbocycles. The molecule has 0 radical (unpaired) electrons. The molecule has 3 aromatic rings. The van der Waals surface area contributed by atoms with E-state index in [1.54, 1.807) is 11.5 Å². The van der Waals surface area contributed by atoms with Crippen LogP contribution in [0.1, 0.15) is 70.9 Å². The lowest BCUT2D eigenvalue weighted by Crippen LogP contribution is -2.34. The molecule has 0 bridgehead atoms. The average molecular weight is 598 g/mol. The zero-order valence-electron chi connectivity index (χ0n) is 25.5. The molecule has 1 amide bonds. The van der Waals surface area contributed by atoms with Crippen molar-refractivity contribution < 1.29 is 23.9 Å². The molecule has 43 heavy (non-hydrogen) atoms. The number of likely N-dealkylation sites (tertiary alicyclic amines) is 1. The molecule has 1 aliphatic heterocycles. The molecule has 13 nitrogen and oxygen atoms in total. The summed E-state index contributed by atoms with van der Waals surface area (Å²) in [5.41, 5.74) is 8.91. The third kappa shape index (κ3) is 10.8. The maximum atomic E-state index is 12.6. The summed E-state index contributed by atoms with van der Waals surface area (Å²) in [6, 6.07) is 8.56. The number of hydrogen-bond acceptors (Lipinski definition) is 10. The van der Waals surface area contributed by atoms with Crippen molar-refractivity contribution in [1.29, 1.82) is 0 Å². The number of nitrogens with one attached hydrogen (secondary N) is 2. The van der Waals surface area contributed by atoms with Crippen LogP contribution in [0, 0.1) is 5.92 Å². The van der Waals surface area contributed by atoms with Crippen molar-refractivity contribution in [3.05, 3.63) is 45.9 Å². The Bertz CT molecular complexity index is 1410. The third-order valence-electron chi connectivity index (χ3n) is 7.05. The van der Waals surface area contributed by atoms with Gasteiger partial charge in [-0.15, -0.1) is 0 Å². The van der Waals surface area contributed by atoms with Crippen molar-refractivity contribution in [3.8, 4) is 6.01 Å². The molecule has 1 saturated heterocycles. The molecule has 4 N–H and O–H groups in total. The average Bonchev–Trinajstić information content (AvgIpc) is 3.25. The number of aromatic amines is 1. The zero-order valence-corrected chi connectivity index (χ0v) is 25.5. The Balaban J connectivity index is 0.000000646. The highest BCUT2D eigenvalue weighted by atomic mass is 16.6. The normalized spacial score (nSPS) is 13.7. The lowest BCUT2D eigenvalue weighted by atomic mass is 9.93. The number of amides is 1. The fourth-order valence-electron chi connectivity index (χ4n) is 4.83. The van der Waals surface area contributed by atoms with Crippen molar-refractivity contribution in [3.63, 3.8) is 0 Å². The second-order valence-electron chi connectivity index (χ2n) is 10.7. The van der Waals surface area contributed by atoms with Crippen LogP contribution >= 0.6 is 0 Å². The van der Waals surface area contributed by atoms with Gasteiger partial charge in [-0.25, -0.2) is 4.79 Å². The zero-order chi connectivity index (χ0) is 31.4. The first-order valence-electron chi connectivity index (χ1n) is 14.7. The molecule has 4 rings (SSSR count). The fraction of sp³-hybridized carbons (Fsp3) is 0.533. The Kier molecular flexibility index (Phi) is 12.7. The number of esters is 2. The Morgan fingerprint density at radius 2 is 1.65 bits per heavy atom. The minimum absolute atomic E-state index is 0.0454. The molecule has 1 fully saturated rings. The number of benzene rings is 1. The van der Waals surface area contributed by atoms with Crippen molar-refractivity contribution >= 4 is 34.8 Å². The summed E-state index contributed by atoms with van der Waals surface area (Å²) in [4.78, 5) is 57.2. The molecule has 1 aromatic carbocycles. The van der Waals surface area contributed by atoms with Crippen LogP contribution in [0.15, 0.2) is 29.1 Å². The van der Waals surface area contributed by atoms with Gasteiger partial charge in [0.25, 0.3) is 0 Å². The van der Waals surface area contributed by atoms with E-state index in [-0.39, 0.29) is 23.4 Å². The van der Waals surface area contributed by atoms with Gasteiger partial charge in [0.15, 0.2) is 11.5 Å². The maximum absolute atomic E-state index is 12.6. The van der Waals surface area contributed by atoms with Crippen molar-refractivity contribution in [2.24, 2.45) is 5.92 Å². The molecule has 13 heteroatoms. The Morgan fingerprint density at radius 3 is 2.21 bits per heavy atom. The van der Waals surface area contributed by atoms with Crippen LogP contribution in [0.2, 0.25) is 0 Å². The lowest BCUT2D eigenvalue weighted by molar-refractivity contribution is -0.156. The maximum Gasteiger partial charge on any atom is 0.328 e. The molecule has 0 spiro atoms. The molecule has 1 aliphatic rings. The van der Waals surface area contributed by atoms with Gasteiger partial charge in [-0.1, -0.05) is 37.6 Å². The Labute approximate surface area is 251 Å². The van der Waals surface area contributed by atoms with Crippen molar-refractivity contribution in [2.75, 3.05) is 32.0 Å². The highest BCUT2D eigenvalue weighted by molar-refractivity contribution is 5.82. The largest absolute Gasteiger partial charge is 0.463 e. The number of rotatable bonds is 11. The number of nitrogens with two attached hydrogens (primary N) is 1. The number of H-pyrrole nitrogens is 1. The van der Waals surface area contributed by atoms with Crippen molar-refractivity contribution in [1.82, 2.24) is 29.7 Å². The van der Waals surface area contributed by atoms with Crippen molar-refractivity contribution in [2.45, 2.75) is 72.9 Å². The highest BCUT2D eigenvalue weighted by Gasteiger charge is 2.19. The number of hydrogen-bond donors (Lipinski definition) is 3. The van der Waals surface area contributed by atoms with E-state index in [4.69, 9.17) is 10.5 Å². The first-order chi connectivity index (χ1) is 20.5. The second-order valence-corrected chi connectivity index (χ2v) is 10.7. The Hall–Kier alpha value is -4.26. The summed E-state index contributed by atoms with van der Waals surface area (Å²) in [5.74, 6) is -0.194. The first kappa shape index (κ1) is 33.2. The van der Waals surface area contributed by atoms with Gasteiger partial charge in [0.05, 0.1) is 13.2 Å². The number of fused-ring (bicyclic) bond motifs is 1. The number of anilines is 1. The van der Waals surface area contributed by atoms with Gasteiger partial charge in [-0.05, 0) is 55.8 Å². The van der Waals surface area contributed by atoms with E-state index in [1.165, 1.54) is 19.4 Å². The first-order valence-corrected chi connectivity index (χ1v) is 14.7. The minimum Gasteiger partial charge on any atom is -0.463 e. The third-order valence-corrected chi connectivity index (χ3v) is 7.05. The monoisotopic (exact) mass is 597 g/mol. The smallest absolute Gasteiger partial charge is 0.328 e. The number of carbonyl (C=O) groups excluding carboxylic acids is 3. The van der Waals surface area contributed by atoms with Crippen LogP contribution in [0.25, 0.3) is 11.2 Å². The lowest BCUT2D eigenvalue weighted by Gasteiger charge is -2.32. The van der Waals surface area contributed by atoms with E-state index >= 15 is 0 Å². The molecule has 0 saturated carbocycles. The summed E-state index contributed by atoms with van der Waals surface area (Å²) in [5, 5.41) is 2.90. The summed E-state index contributed by atoms with van der Waals surface area (Å²) in [6.45, 7) is 10.7. The molecule has 2 aromatic heterocycles. The number of aromatic nitrogens is 4. The van der Waals surface area contributed by atoms with Crippen LogP contribution in [-0.4, -0.2) is 68.5 Å². The summed E-state index contributed by atoms with van der Waals surface area (Å²) in [7, 11) is 0. The highest BCUT2D eigenvalue weighted by Crippen LogP contribution is 2.22. The van der Waals surface area contributed by atoms with Gasteiger partial charge in [0.1, 0.15) is 5.52 Å². The summed E-state index contributed by atoms with van der Waals surface area (Å²) < 4.78 is 11.2. The Morgan fingerprint density at radius 1 is 1.02 bits per heavy atom. The van der Waals surface area contributed by atoms with Crippen LogP contribution in [0.3, 0.4) is 0 Å². The van der Waals surface area contributed by atoms with E-state index in [2.05, 4.69) is 61.1 Å².